The summed E-state index contributed by atoms with van der Waals surface area (Å²) in [6.07, 6.45) is 9.35. The zero-order valence-corrected chi connectivity index (χ0v) is 13.0. The molecule has 0 bridgehead atoms. The molecule has 0 amide bonds. The summed E-state index contributed by atoms with van der Waals surface area (Å²) < 4.78 is 0. The van der Waals surface area contributed by atoms with E-state index in [2.05, 4.69) is 33.8 Å². The van der Waals surface area contributed by atoms with Crippen LogP contribution in [0.15, 0.2) is 12.2 Å². The number of carbonyl (C=O) groups excluding carboxylic acids is 1. The molecule has 0 saturated heterocycles. The summed E-state index contributed by atoms with van der Waals surface area (Å²) in [5.74, 6) is 1.24. The van der Waals surface area contributed by atoms with Crippen molar-refractivity contribution in [2.24, 2.45) is 17.3 Å². The molecule has 0 aromatic heterocycles. The lowest BCUT2D eigenvalue weighted by molar-refractivity contribution is -0.122. The molecule has 1 aliphatic carbocycles. The molecule has 2 heteroatoms. The third-order valence-corrected chi connectivity index (χ3v) is 4.95. The number of hydrogen-bond donors (Lipinski definition) is 0. The molecular formula is C16H27ClO. The summed E-state index contributed by atoms with van der Waals surface area (Å²) in [7, 11) is 0. The first-order valence-corrected chi connectivity index (χ1v) is 7.69. The van der Waals surface area contributed by atoms with Crippen LogP contribution in [-0.2, 0) is 4.79 Å². The molecule has 1 aliphatic rings. The molecule has 18 heavy (non-hydrogen) atoms. The molecule has 0 aromatic rings. The van der Waals surface area contributed by atoms with Gasteiger partial charge in [-0.15, -0.1) is 11.6 Å². The van der Waals surface area contributed by atoms with Crippen molar-refractivity contribution in [2.75, 3.05) is 0 Å². The highest BCUT2D eigenvalue weighted by atomic mass is 35.5. The summed E-state index contributed by atoms with van der Waals surface area (Å²) in [5.41, 5.74) is -0.214. The van der Waals surface area contributed by atoms with Gasteiger partial charge in [-0.2, -0.15) is 0 Å². The van der Waals surface area contributed by atoms with Crippen LogP contribution in [0.25, 0.3) is 0 Å². The fourth-order valence-electron chi connectivity index (χ4n) is 2.60. The zero-order valence-electron chi connectivity index (χ0n) is 12.2. The molecular weight excluding hydrogens is 244 g/mol. The lowest BCUT2D eigenvalue weighted by Gasteiger charge is -2.21. The van der Waals surface area contributed by atoms with Crippen molar-refractivity contribution in [3.63, 3.8) is 0 Å². The summed E-state index contributed by atoms with van der Waals surface area (Å²) in [6.45, 7) is 8.46. The summed E-state index contributed by atoms with van der Waals surface area (Å²) >= 11 is 6.21. The van der Waals surface area contributed by atoms with Gasteiger partial charge in [0, 0.05) is 10.8 Å². The quantitative estimate of drug-likeness (QED) is 0.491. The van der Waals surface area contributed by atoms with Crippen LogP contribution < -0.4 is 0 Å². The van der Waals surface area contributed by atoms with Crippen LogP contribution in [0.4, 0.5) is 0 Å². The predicted molar refractivity (Wildman–Crippen MR) is 79.0 cm³/mol. The first-order chi connectivity index (χ1) is 8.38. The molecule has 2 unspecified atom stereocenters. The van der Waals surface area contributed by atoms with E-state index < -0.39 is 0 Å². The number of hydrogen-bond acceptors (Lipinski definition) is 1. The lowest BCUT2D eigenvalue weighted by Crippen LogP contribution is -2.22. The standard InChI is InChI=1S/C16H27ClO/c1-5-6-11-16(3,4)15(18)10-8-13-7-9-14(17)12(13)2/h8,10,12-14H,5-7,9,11H2,1-4H3/b10-8+/t12?,13-,14?/m1/s1. The molecule has 0 radical (unpaired) electrons. The van der Waals surface area contributed by atoms with Gasteiger partial charge in [0.25, 0.3) is 0 Å². The van der Waals surface area contributed by atoms with E-state index in [-0.39, 0.29) is 16.6 Å². The molecule has 0 N–H and O–H groups in total. The van der Waals surface area contributed by atoms with E-state index in [0.717, 1.165) is 32.1 Å². The second kappa shape index (κ2) is 6.75. The van der Waals surface area contributed by atoms with Crippen molar-refractivity contribution in [3.05, 3.63) is 12.2 Å². The Labute approximate surface area is 117 Å². The topological polar surface area (TPSA) is 17.1 Å². The first kappa shape index (κ1) is 15.8. The van der Waals surface area contributed by atoms with Crippen LogP contribution >= 0.6 is 11.6 Å². The zero-order chi connectivity index (χ0) is 13.8. The van der Waals surface area contributed by atoms with Crippen LogP contribution in [0.2, 0.25) is 0 Å². The minimum absolute atomic E-state index is 0.214. The van der Waals surface area contributed by atoms with Crippen molar-refractivity contribution >= 4 is 17.4 Å². The molecule has 104 valence electrons. The maximum absolute atomic E-state index is 12.2. The van der Waals surface area contributed by atoms with Gasteiger partial charge in [-0.3, -0.25) is 4.79 Å². The summed E-state index contributed by atoms with van der Waals surface area (Å²) in [6, 6.07) is 0. The monoisotopic (exact) mass is 270 g/mol. The summed E-state index contributed by atoms with van der Waals surface area (Å²) in [5, 5.41) is 0.280. The van der Waals surface area contributed by atoms with Crippen molar-refractivity contribution in [3.8, 4) is 0 Å². The second-order valence-corrected chi connectivity index (χ2v) is 6.89. The maximum atomic E-state index is 12.2. The molecule has 0 spiro atoms. The number of ketones is 1. The molecule has 0 heterocycles. The van der Waals surface area contributed by atoms with Gasteiger partial charge in [-0.05, 0) is 37.2 Å². The Hall–Kier alpha value is -0.300. The van der Waals surface area contributed by atoms with Crippen molar-refractivity contribution in [1.82, 2.24) is 0 Å². The smallest absolute Gasteiger partial charge is 0.160 e. The number of rotatable bonds is 6. The molecule has 1 rings (SSSR count). The van der Waals surface area contributed by atoms with Gasteiger partial charge in [0.15, 0.2) is 5.78 Å². The van der Waals surface area contributed by atoms with Crippen LogP contribution in [-0.4, -0.2) is 11.2 Å². The SMILES string of the molecule is CCCCC(C)(C)C(=O)/C=C/[C@H]1CCC(Cl)C1C. The van der Waals surface area contributed by atoms with Crippen molar-refractivity contribution < 1.29 is 4.79 Å². The number of halogens is 1. The molecule has 1 nitrogen and oxygen atoms in total. The average Bonchev–Trinajstić information content (AvgIpc) is 2.64. The maximum Gasteiger partial charge on any atom is 0.160 e. The highest BCUT2D eigenvalue weighted by molar-refractivity contribution is 6.21. The highest BCUT2D eigenvalue weighted by Crippen LogP contribution is 2.36. The third kappa shape index (κ3) is 4.12. The van der Waals surface area contributed by atoms with Gasteiger partial charge >= 0.3 is 0 Å². The van der Waals surface area contributed by atoms with Gasteiger partial charge in [-0.1, -0.05) is 46.6 Å². The van der Waals surface area contributed by atoms with E-state index in [0.29, 0.717) is 11.8 Å². The summed E-state index contributed by atoms with van der Waals surface area (Å²) in [4.78, 5) is 12.2. The Morgan fingerprint density at radius 1 is 1.39 bits per heavy atom. The molecule has 3 atom stereocenters. The van der Waals surface area contributed by atoms with Crippen LogP contribution in [0, 0.1) is 17.3 Å². The Morgan fingerprint density at radius 2 is 2.06 bits per heavy atom. The van der Waals surface area contributed by atoms with Gasteiger partial charge in [-0.25, -0.2) is 0 Å². The van der Waals surface area contributed by atoms with E-state index in [4.69, 9.17) is 11.6 Å². The van der Waals surface area contributed by atoms with Crippen LogP contribution in [0.1, 0.15) is 59.8 Å². The third-order valence-electron chi connectivity index (χ3n) is 4.34. The fourth-order valence-corrected chi connectivity index (χ4v) is 2.91. The highest BCUT2D eigenvalue weighted by Gasteiger charge is 2.30. The molecule has 1 fully saturated rings. The fraction of sp³-hybridized carbons (Fsp3) is 0.812. The number of unbranched alkanes of at least 4 members (excludes halogenated alkanes) is 1. The molecule has 0 aromatic carbocycles. The van der Waals surface area contributed by atoms with Crippen molar-refractivity contribution in [1.29, 1.82) is 0 Å². The van der Waals surface area contributed by atoms with Gasteiger partial charge in [0.05, 0.1) is 0 Å². The molecule has 1 saturated carbocycles. The van der Waals surface area contributed by atoms with E-state index in [9.17, 15) is 4.79 Å². The minimum atomic E-state index is -0.214. The molecule has 0 aliphatic heterocycles. The van der Waals surface area contributed by atoms with Crippen LogP contribution in [0.3, 0.4) is 0 Å². The minimum Gasteiger partial charge on any atom is -0.294 e. The Bertz CT molecular complexity index is 306. The van der Waals surface area contributed by atoms with Crippen molar-refractivity contribution in [2.45, 2.75) is 65.2 Å². The normalized spacial score (nSPS) is 29.1. The average molecular weight is 271 g/mol. The van der Waals surface area contributed by atoms with E-state index >= 15 is 0 Å². The van der Waals surface area contributed by atoms with Crippen LogP contribution in [0.5, 0.6) is 0 Å². The predicted octanol–water partition coefficient (Wildman–Crippen LogP) is 4.98. The van der Waals surface area contributed by atoms with E-state index in [1.165, 1.54) is 0 Å². The van der Waals surface area contributed by atoms with Gasteiger partial charge in [0.1, 0.15) is 0 Å². The number of allylic oxidation sites excluding steroid dienone is 2. The second-order valence-electron chi connectivity index (χ2n) is 6.33. The number of alkyl halides is 1. The Morgan fingerprint density at radius 3 is 2.56 bits per heavy atom. The Kier molecular flexibility index (Phi) is 5.91. The van der Waals surface area contributed by atoms with Gasteiger partial charge in [0.2, 0.25) is 0 Å². The van der Waals surface area contributed by atoms with Gasteiger partial charge < -0.3 is 0 Å². The van der Waals surface area contributed by atoms with E-state index in [1.807, 2.05) is 6.08 Å². The number of carbonyl (C=O) groups is 1. The van der Waals surface area contributed by atoms with E-state index in [1.54, 1.807) is 0 Å². The Balaban J connectivity index is 2.53. The largest absolute Gasteiger partial charge is 0.294 e. The lowest BCUT2D eigenvalue weighted by atomic mass is 9.82. The first-order valence-electron chi connectivity index (χ1n) is 7.25.